The lowest BCUT2D eigenvalue weighted by Gasteiger charge is -2.20. The standard InChI is InChI=1S/C21H22N4OS/c1-15-22-13-19(27-15)14-24(2)21(26)23-17-7-9-18(10-8-17)25-12-11-16-5-3-4-6-20(16)25/h3-10,13H,11-12,14H2,1-2H3,(H,23,26). The number of thiazole rings is 1. The van der Waals surface area contributed by atoms with Gasteiger partial charge in [0.25, 0.3) is 0 Å². The van der Waals surface area contributed by atoms with Crippen LogP contribution in [0.1, 0.15) is 15.4 Å². The minimum absolute atomic E-state index is 0.125. The van der Waals surface area contributed by atoms with Crippen molar-refractivity contribution in [3.8, 4) is 0 Å². The maximum atomic E-state index is 12.4. The minimum atomic E-state index is -0.125. The highest BCUT2D eigenvalue weighted by molar-refractivity contribution is 7.11. The number of para-hydroxylation sites is 1. The molecule has 0 saturated heterocycles. The van der Waals surface area contributed by atoms with Gasteiger partial charge in [-0.25, -0.2) is 9.78 Å². The maximum Gasteiger partial charge on any atom is 0.321 e. The van der Waals surface area contributed by atoms with E-state index < -0.39 is 0 Å². The van der Waals surface area contributed by atoms with Crippen LogP contribution >= 0.6 is 11.3 Å². The fourth-order valence-corrected chi connectivity index (χ4v) is 4.18. The van der Waals surface area contributed by atoms with E-state index in [1.54, 1.807) is 23.3 Å². The maximum absolute atomic E-state index is 12.4. The fourth-order valence-electron chi connectivity index (χ4n) is 3.33. The summed E-state index contributed by atoms with van der Waals surface area (Å²) in [6.45, 7) is 3.51. The van der Waals surface area contributed by atoms with Crippen molar-refractivity contribution >= 4 is 34.4 Å². The lowest BCUT2D eigenvalue weighted by molar-refractivity contribution is 0.221. The molecule has 1 aliphatic rings. The summed E-state index contributed by atoms with van der Waals surface area (Å²) in [7, 11) is 1.79. The molecule has 4 rings (SSSR count). The fraction of sp³-hybridized carbons (Fsp3) is 0.238. The van der Waals surface area contributed by atoms with Crippen LogP contribution in [0.4, 0.5) is 21.9 Å². The number of nitrogens with zero attached hydrogens (tertiary/aromatic N) is 3. The molecule has 27 heavy (non-hydrogen) atoms. The summed E-state index contributed by atoms with van der Waals surface area (Å²) in [6.07, 6.45) is 2.89. The lowest BCUT2D eigenvalue weighted by atomic mass is 10.2. The number of carbonyl (C=O) groups excluding carboxylic acids is 1. The van der Waals surface area contributed by atoms with Crippen molar-refractivity contribution in [1.29, 1.82) is 0 Å². The van der Waals surface area contributed by atoms with Gasteiger partial charge in [0.2, 0.25) is 0 Å². The van der Waals surface area contributed by atoms with Gasteiger partial charge in [0.15, 0.2) is 0 Å². The highest BCUT2D eigenvalue weighted by Gasteiger charge is 2.19. The van der Waals surface area contributed by atoms with Crippen molar-refractivity contribution in [1.82, 2.24) is 9.88 Å². The number of hydrogen-bond acceptors (Lipinski definition) is 4. The molecule has 0 bridgehead atoms. The topological polar surface area (TPSA) is 48.5 Å². The zero-order valence-electron chi connectivity index (χ0n) is 15.5. The van der Waals surface area contributed by atoms with Crippen molar-refractivity contribution < 1.29 is 4.79 Å². The predicted molar refractivity (Wildman–Crippen MR) is 111 cm³/mol. The van der Waals surface area contributed by atoms with Crippen LogP contribution in [0.3, 0.4) is 0 Å². The number of anilines is 3. The van der Waals surface area contributed by atoms with Gasteiger partial charge in [-0.1, -0.05) is 18.2 Å². The molecule has 0 aliphatic carbocycles. The number of aromatic nitrogens is 1. The van der Waals surface area contributed by atoms with Gasteiger partial charge in [-0.2, -0.15) is 0 Å². The number of urea groups is 1. The van der Waals surface area contributed by atoms with Gasteiger partial charge in [-0.05, 0) is 49.2 Å². The van der Waals surface area contributed by atoms with E-state index in [2.05, 4.69) is 51.6 Å². The van der Waals surface area contributed by atoms with E-state index in [-0.39, 0.29) is 6.03 Å². The summed E-state index contributed by atoms with van der Waals surface area (Å²) in [4.78, 5) is 21.7. The van der Waals surface area contributed by atoms with E-state index in [9.17, 15) is 4.79 Å². The van der Waals surface area contributed by atoms with Gasteiger partial charge in [-0.15, -0.1) is 11.3 Å². The second-order valence-electron chi connectivity index (χ2n) is 6.71. The predicted octanol–water partition coefficient (Wildman–Crippen LogP) is 4.81. The highest BCUT2D eigenvalue weighted by atomic mass is 32.1. The summed E-state index contributed by atoms with van der Waals surface area (Å²) in [5, 5.41) is 3.97. The van der Waals surface area contributed by atoms with E-state index in [0.717, 1.165) is 34.2 Å². The zero-order chi connectivity index (χ0) is 18.8. The average Bonchev–Trinajstić information content (AvgIpc) is 3.28. The molecule has 5 nitrogen and oxygen atoms in total. The van der Waals surface area contributed by atoms with E-state index in [4.69, 9.17) is 0 Å². The Bertz CT molecular complexity index is 951. The Kier molecular flexibility index (Phi) is 4.81. The molecule has 0 unspecified atom stereocenters. The van der Waals surface area contributed by atoms with Crippen molar-refractivity contribution in [2.24, 2.45) is 0 Å². The molecule has 2 aromatic carbocycles. The van der Waals surface area contributed by atoms with Crippen molar-refractivity contribution in [2.75, 3.05) is 23.8 Å². The third-order valence-corrected chi connectivity index (χ3v) is 5.62. The molecular formula is C21H22N4OS. The molecule has 1 aliphatic heterocycles. The van der Waals surface area contributed by atoms with Crippen LogP contribution in [0.5, 0.6) is 0 Å². The number of carbonyl (C=O) groups is 1. The van der Waals surface area contributed by atoms with Crippen LogP contribution in [-0.4, -0.2) is 29.5 Å². The lowest BCUT2D eigenvalue weighted by Crippen LogP contribution is -2.30. The van der Waals surface area contributed by atoms with Gasteiger partial charge < -0.3 is 15.1 Å². The van der Waals surface area contributed by atoms with Gasteiger partial charge in [0, 0.05) is 41.7 Å². The molecule has 0 atom stereocenters. The van der Waals surface area contributed by atoms with Crippen LogP contribution in [0.25, 0.3) is 0 Å². The molecule has 0 spiro atoms. The summed E-state index contributed by atoms with van der Waals surface area (Å²) < 4.78 is 0. The van der Waals surface area contributed by atoms with Crippen LogP contribution in [-0.2, 0) is 13.0 Å². The largest absolute Gasteiger partial charge is 0.341 e. The van der Waals surface area contributed by atoms with Crippen LogP contribution in [0.2, 0.25) is 0 Å². The number of hydrogen-bond donors (Lipinski definition) is 1. The summed E-state index contributed by atoms with van der Waals surface area (Å²) in [5.41, 5.74) is 4.60. The number of rotatable bonds is 4. The molecular weight excluding hydrogens is 356 g/mol. The van der Waals surface area contributed by atoms with Crippen LogP contribution in [0.15, 0.2) is 54.7 Å². The summed E-state index contributed by atoms with van der Waals surface area (Å²) in [6, 6.07) is 16.4. The molecule has 2 heterocycles. The SMILES string of the molecule is Cc1ncc(CN(C)C(=O)Nc2ccc(N3CCc4ccccc43)cc2)s1. The van der Waals surface area contributed by atoms with Gasteiger partial charge in [-0.3, -0.25) is 0 Å². The van der Waals surface area contributed by atoms with E-state index in [1.807, 2.05) is 25.3 Å². The summed E-state index contributed by atoms with van der Waals surface area (Å²) >= 11 is 1.61. The molecule has 0 saturated carbocycles. The Labute approximate surface area is 163 Å². The van der Waals surface area contributed by atoms with E-state index in [1.165, 1.54) is 11.3 Å². The van der Waals surface area contributed by atoms with Crippen molar-refractivity contribution in [3.05, 3.63) is 70.2 Å². The third-order valence-electron chi connectivity index (χ3n) is 4.73. The monoisotopic (exact) mass is 378 g/mol. The molecule has 0 radical (unpaired) electrons. The highest BCUT2D eigenvalue weighted by Crippen LogP contribution is 2.34. The van der Waals surface area contributed by atoms with Gasteiger partial charge >= 0.3 is 6.03 Å². The van der Waals surface area contributed by atoms with Crippen molar-refractivity contribution in [2.45, 2.75) is 19.9 Å². The quantitative estimate of drug-likeness (QED) is 0.709. The van der Waals surface area contributed by atoms with Gasteiger partial charge in [0.05, 0.1) is 11.6 Å². The van der Waals surface area contributed by atoms with Crippen LogP contribution < -0.4 is 10.2 Å². The summed E-state index contributed by atoms with van der Waals surface area (Å²) in [5.74, 6) is 0. The van der Waals surface area contributed by atoms with E-state index in [0.29, 0.717) is 6.54 Å². The molecule has 6 heteroatoms. The first kappa shape index (κ1) is 17.5. The molecule has 3 aromatic rings. The Morgan fingerprint density at radius 2 is 2.00 bits per heavy atom. The normalized spacial score (nSPS) is 12.7. The molecule has 1 N–H and O–H groups in total. The number of benzene rings is 2. The first-order valence-electron chi connectivity index (χ1n) is 8.99. The third kappa shape index (κ3) is 3.80. The first-order chi connectivity index (χ1) is 13.1. The number of aryl methyl sites for hydroxylation is 1. The Morgan fingerprint density at radius 3 is 2.74 bits per heavy atom. The molecule has 1 aromatic heterocycles. The Morgan fingerprint density at radius 1 is 1.22 bits per heavy atom. The number of amides is 2. The molecule has 0 fully saturated rings. The molecule has 2 amide bonds. The number of fused-ring (bicyclic) bond motifs is 1. The minimum Gasteiger partial charge on any atom is -0.341 e. The second-order valence-corrected chi connectivity index (χ2v) is 8.03. The average molecular weight is 379 g/mol. The molecule has 138 valence electrons. The van der Waals surface area contributed by atoms with Crippen molar-refractivity contribution in [3.63, 3.8) is 0 Å². The van der Waals surface area contributed by atoms with E-state index >= 15 is 0 Å². The van der Waals surface area contributed by atoms with Gasteiger partial charge in [0.1, 0.15) is 0 Å². The smallest absolute Gasteiger partial charge is 0.321 e. The Balaban J connectivity index is 1.40. The number of nitrogens with one attached hydrogen (secondary N) is 1. The Hall–Kier alpha value is -2.86. The zero-order valence-corrected chi connectivity index (χ0v) is 16.3. The second kappa shape index (κ2) is 7.40. The van der Waals surface area contributed by atoms with Crippen LogP contribution in [0, 0.1) is 6.92 Å². The first-order valence-corrected chi connectivity index (χ1v) is 9.81.